The van der Waals surface area contributed by atoms with Crippen LogP contribution in [-0.4, -0.2) is 37.7 Å². The fourth-order valence-corrected chi connectivity index (χ4v) is 3.58. The highest BCUT2D eigenvalue weighted by Gasteiger charge is 2.16. The Morgan fingerprint density at radius 2 is 1.90 bits per heavy atom. The van der Waals surface area contributed by atoms with Gasteiger partial charge < -0.3 is 20.1 Å². The lowest BCUT2D eigenvalue weighted by Gasteiger charge is -2.23. The van der Waals surface area contributed by atoms with Crippen LogP contribution >= 0.6 is 11.6 Å². The first-order valence-corrected chi connectivity index (χ1v) is 10.5. The van der Waals surface area contributed by atoms with Gasteiger partial charge in [-0.3, -0.25) is 9.59 Å². The molecule has 1 aliphatic rings. The van der Waals surface area contributed by atoms with E-state index in [4.69, 9.17) is 21.1 Å². The Balaban J connectivity index is 1.57. The second kappa shape index (κ2) is 10.5. The van der Waals surface area contributed by atoms with Crippen LogP contribution in [0.2, 0.25) is 5.02 Å². The van der Waals surface area contributed by atoms with E-state index in [0.29, 0.717) is 28.6 Å². The van der Waals surface area contributed by atoms with Gasteiger partial charge in [-0.2, -0.15) is 0 Å². The lowest BCUT2D eigenvalue weighted by atomic mass is 10.1. The van der Waals surface area contributed by atoms with Gasteiger partial charge in [0.1, 0.15) is 12.4 Å². The number of aryl methyl sites for hydroxylation is 2. The maximum absolute atomic E-state index is 12.4. The van der Waals surface area contributed by atoms with Gasteiger partial charge in [0.05, 0.1) is 18.3 Å². The number of hydrogen-bond acceptors (Lipinski definition) is 4. The molecule has 7 heteroatoms. The lowest BCUT2D eigenvalue weighted by Crippen LogP contribution is -2.33. The highest BCUT2D eigenvalue weighted by Crippen LogP contribution is 2.28. The second-order valence-electron chi connectivity index (χ2n) is 7.55. The van der Waals surface area contributed by atoms with Crippen LogP contribution in [0.25, 0.3) is 0 Å². The lowest BCUT2D eigenvalue weighted by molar-refractivity contribution is -0.115. The van der Waals surface area contributed by atoms with Gasteiger partial charge in [0.15, 0.2) is 0 Å². The molecule has 1 heterocycles. The first-order chi connectivity index (χ1) is 14.4. The number of carbonyl (C=O) groups excluding carboxylic acids is 2. The van der Waals surface area contributed by atoms with Crippen LogP contribution < -0.4 is 15.4 Å². The van der Waals surface area contributed by atoms with Crippen LogP contribution in [0.4, 0.5) is 5.69 Å². The first kappa shape index (κ1) is 22.1. The molecule has 0 aromatic heterocycles. The summed E-state index contributed by atoms with van der Waals surface area (Å²) in [5.41, 5.74) is 2.98. The quantitative estimate of drug-likeness (QED) is 0.687. The maximum Gasteiger partial charge on any atom is 0.251 e. The Kier molecular flexibility index (Phi) is 7.71. The largest absolute Gasteiger partial charge is 0.489 e. The van der Waals surface area contributed by atoms with E-state index in [-0.39, 0.29) is 24.5 Å². The van der Waals surface area contributed by atoms with Crippen molar-refractivity contribution in [2.75, 3.05) is 25.1 Å². The van der Waals surface area contributed by atoms with Crippen molar-refractivity contribution >= 4 is 29.1 Å². The van der Waals surface area contributed by atoms with Gasteiger partial charge in [-0.05, 0) is 63.4 Å². The number of benzene rings is 2. The zero-order valence-corrected chi connectivity index (χ0v) is 18.1. The number of nitrogens with one attached hydrogen (secondary N) is 2. The van der Waals surface area contributed by atoms with E-state index in [1.807, 2.05) is 19.9 Å². The minimum atomic E-state index is -0.367. The molecule has 0 bridgehead atoms. The van der Waals surface area contributed by atoms with Gasteiger partial charge >= 0.3 is 0 Å². The summed E-state index contributed by atoms with van der Waals surface area (Å²) in [7, 11) is 0. The predicted molar refractivity (Wildman–Crippen MR) is 117 cm³/mol. The standard InChI is InChI=1S/C23H27ClN2O4/c1-15-9-16(2)11-17(10-15)23(28)25-13-22(27)26-20-12-18(24)6-7-21(20)30-14-19-5-3-4-8-29-19/h6-7,9-12,19H,3-5,8,13-14H2,1-2H3,(H,25,28)(H,26,27). The minimum Gasteiger partial charge on any atom is -0.489 e. The summed E-state index contributed by atoms with van der Waals surface area (Å²) in [6.45, 7) is 4.85. The summed E-state index contributed by atoms with van der Waals surface area (Å²) in [6, 6.07) is 10.6. The molecule has 6 nitrogen and oxygen atoms in total. The van der Waals surface area contributed by atoms with Crippen LogP contribution in [0.3, 0.4) is 0 Å². The average molecular weight is 431 g/mol. The van der Waals surface area contributed by atoms with Crippen molar-refractivity contribution < 1.29 is 19.1 Å². The van der Waals surface area contributed by atoms with Crippen molar-refractivity contribution in [3.63, 3.8) is 0 Å². The molecule has 3 rings (SSSR count). The number of anilines is 1. The molecule has 1 aliphatic heterocycles. The molecule has 2 aromatic rings. The van der Waals surface area contributed by atoms with Crippen LogP contribution in [0.1, 0.15) is 40.7 Å². The third-order valence-electron chi connectivity index (χ3n) is 4.81. The number of amides is 2. The van der Waals surface area contributed by atoms with Gasteiger partial charge in [0.2, 0.25) is 5.91 Å². The Morgan fingerprint density at radius 3 is 2.60 bits per heavy atom. The van der Waals surface area contributed by atoms with Crippen molar-refractivity contribution in [1.29, 1.82) is 0 Å². The smallest absolute Gasteiger partial charge is 0.251 e. The van der Waals surface area contributed by atoms with Crippen molar-refractivity contribution in [2.45, 2.75) is 39.2 Å². The maximum atomic E-state index is 12.4. The third-order valence-corrected chi connectivity index (χ3v) is 5.04. The van der Waals surface area contributed by atoms with E-state index < -0.39 is 0 Å². The molecule has 0 saturated carbocycles. The van der Waals surface area contributed by atoms with Crippen LogP contribution in [-0.2, 0) is 9.53 Å². The van der Waals surface area contributed by atoms with E-state index in [1.54, 1.807) is 30.3 Å². The van der Waals surface area contributed by atoms with Crippen molar-refractivity contribution in [1.82, 2.24) is 5.32 Å². The Morgan fingerprint density at radius 1 is 1.13 bits per heavy atom. The average Bonchev–Trinajstić information content (AvgIpc) is 2.71. The molecular weight excluding hydrogens is 404 g/mol. The second-order valence-corrected chi connectivity index (χ2v) is 7.98. The van der Waals surface area contributed by atoms with E-state index >= 15 is 0 Å². The summed E-state index contributed by atoms with van der Waals surface area (Å²) >= 11 is 6.09. The molecular formula is C23H27ClN2O4. The van der Waals surface area contributed by atoms with E-state index in [2.05, 4.69) is 10.6 Å². The fraction of sp³-hybridized carbons (Fsp3) is 0.391. The number of carbonyl (C=O) groups is 2. The summed E-state index contributed by atoms with van der Waals surface area (Å²) in [4.78, 5) is 24.8. The van der Waals surface area contributed by atoms with E-state index in [0.717, 1.165) is 37.0 Å². The molecule has 1 saturated heterocycles. The first-order valence-electron chi connectivity index (χ1n) is 10.1. The molecule has 0 radical (unpaired) electrons. The van der Waals surface area contributed by atoms with Gasteiger partial charge in [-0.25, -0.2) is 0 Å². The number of halogens is 1. The molecule has 1 atom stereocenters. The molecule has 0 aliphatic carbocycles. The number of ether oxygens (including phenoxy) is 2. The highest BCUT2D eigenvalue weighted by molar-refractivity contribution is 6.31. The van der Waals surface area contributed by atoms with E-state index in [9.17, 15) is 9.59 Å². The van der Waals surface area contributed by atoms with E-state index in [1.165, 1.54) is 0 Å². The zero-order chi connectivity index (χ0) is 21.5. The van der Waals surface area contributed by atoms with Crippen LogP contribution in [0.5, 0.6) is 5.75 Å². The molecule has 0 spiro atoms. The van der Waals surface area contributed by atoms with Gasteiger partial charge in [0, 0.05) is 17.2 Å². The molecule has 160 valence electrons. The molecule has 2 N–H and O–H groups in total. The molecule has 1 unspecified atom stereocenters. The third kappa shape index (κ3) is 6.47. The minimum absolute atomic E-state index is 0.0510. The number of rotatable bonds is 7. The summed E-state index contributed by atoms with van der Waals surface area (Å²) < 4.78 is 11.6. The van der Waals surface area contributed by atoms with Gasteiger partial charge in [-0.15, -0.1) is 0 Å². The Hall–Kier alpha value is -2.57. The molecule has 2 amide bonds. The molecule has 30 heavy (non-hydrogen) atoms. The predicted octanol–water partition coefficient (Wildman–Crippen LogP) is 4.27. The Labute approximate surface area is 181 Å². The summed E-state index contributed by atoms with van der Waals surface area (Å²) in [5, 5.41) is 5.89. The highest BCUT2D eigenvalue weighted by atomic mass is 35.5. The molecule has 1 fully saturated rings. The topological polar surface area (TPSA) is 76.7 Å². The van der Waals surface area contributed by atoms with Crippen LogP contribution in [0, 0.1) is 13.8 Å². The van der Waals surface area contributed by atoms with Gasteiger partial charge in [-0.1, -0.05) is 28.8 Å². The van der Waals surface area contributed by atoms with Crippen LogP contribution in [0.15, 0.2) is 36.4 Å². The normalized spacial score (nSPS) is 16.0. The number of hydrogen-bond donors (Lipinski definition) is 2. The fourth-order valence-electron chi connectivity index (χ4n) is 3.41. The molecule has 2 aromatic carbocycles. The Bertz CT molecular complexity index is 890. The SMILES string of the molecule is Cc1cc(C)cc(C(=O)NCC(=O)Nc2cc(Cl)ccc2OCC2CCCCO2)c1. The zero-order valence-electron chi connectivity index (χ0n) is 17.3. The summed E-state index contributed by atoms with van der Waals surface area (Å²) in [6.07, 6.45) is 3.21. The van der Waals surface area contributed by atoms with Crippen molar-refractivity contribution in [2.24, 2.45) is 0 Å². The van der Waals surface area contributed by atoms with Crippen molar-refractivity contribution in [3.8, 4) is 5.75 Å². The summed E-state index contributed by atoms with van der Waals surface area (Å²) in [5.74, 6) is -0.148. The monoisotopic (exact) mass is 430 g/mol. The van der Waals surface area contributed by atoms with Crippen molar-refractivity contribution in [3.05, 3.63) is 58.1 Å². The van der Waals surface area contributed by atoms with Gasteiger partial charge in [0.25, 0.3) is 5.91 Å².